The van der Waals surface area contributed by atoms with E-state index in [1.54, 1.807) is 6.07 Å². The maximum Gasteiger partial charge on any atom is 0.133 e. The van der Waals surface area contributed by atoms with E-state index in [1.165, 1.54) is 0 Å². The first-order valence-electron chi connectivity index (χ1n) is 8.21. The summed E-state index contributed by atoms with van der Waals surface area (Å²) in [6, 6.07) is 4.08. The molecule has 1 aromatic rings. The first kappa shape index (κ1) is 15.2. The Balaban J connectivity index is 1.83. The van der Waals surface area contributed by atoms with Gasteiger partial charge in [0.05, 0.1) is 18.3 Å². The third kappa shape index (κ3) is 2.92. The molecule has 2 fully saturated rings. The smallest absolute Gasteiger partial charge is 0.133 e. The molecule has 2 aliphatic rings. The van der Waals surface area contributed by atoms with Crippen LogP contribution in [-0.2, 0) is 11.3 Å². The Morgan fingerprint density at radius 1 is 1.36 bits per heavy atom. The SMILES string of the molecule is CCN1CCN(c2c(N)cc(C#N)n2C[C@@H]2CCCO2)CC1. The van der Waals surface area contributed by atoms with Gasteiger partial charge in [-0.15, -0.1) is 0 Å². The number of aromatic nitrogens is 1. The fourth-order valence-corrected chi connectivity index (χ4v) is 3.46. The van der Waals surface area contributed by atoms with Crippen LogP contribution in [0.2, 0.25) is 0 Å². The zero-order chi connectivity index (χ0) is 15.5. The van der Waals surface area contributed by atoms with E-state index in [-0.39, 0.29) is 6.10 Å². The molecule has 2 aliphatic heterocycles. The van der Waals surface area contributed by atoms with Crippen LogP contribution >= 0.6 is 0 Å². The summed E-state index contributed by atoms with van der Waals surface area (Å²) in [4.78, 5) is 4.75. The minimum atomic E-state index is 0.203. The molecule has 6 heteroatoms. The maximum atomic E-state index is 9.41. The Morgan fingerprint density at radius 2 is 2.14 bits per heavy atom. The van der Waals surface area contributed by atoms with Crippen molar-refractivity contribution in [2.45, 2.75) is 32.4 Å². The fourth-order valence-electron chi connectivity index (χ4n) is 3.46. The second kappa shape index (κ2) is 6.59. The summed E-state index contributed by atoms with van der Waals surface area (Å²) < 4.78 is 7.81. The molecular formula is C16H25N5O. The minimum Gasteiger partial charge on any atom is -0.396 e. The van der Waals surface area contributed by atoms with E-state index in [4.69, 9.17) is 10.5 Å². The van der Waals surface area contributed by atoms with Crippen molar-refractivity contribution in [3.63, 3.8) is 0 Å². The second-order valence-electron chi connectivity index (χ2n) is 6.09. The molecule has 3 rings (SSSR count). The van der Waals surface area contributed by atoms with Gasteiger partial charge in [0.2, 0.25) is 0 Å². The Hall–Kier alpha value is -1.71. The molecule has 2 saturated heterocycles. The van der Waals surface area contributed by atoms with E-state index in [9.17, 15) is 5.26 Å². The van der Waals surface area contributed by atoms with Crippen molar-refractivity contribution in [2.75, 3.05) is 50.0 Å². The lowest BCUT2D eigenvalue weighted by atomic mass is 10.2. The van der Waals surface area contributed by atoms with Crippen LogP contribution < -0.4 is 10.6 Å². The molecule has 1 atom stereocenters. The van der Waals surface area contributed by atoms with Crippen molar-refractivity contribution in [3.8, 4) is 6.07 Å². The fraction of sp³-hybridized carbons (Fsp3) is 0.688. The number of hydrogen-bond acceptors (Lipinski definition) is 5. The molecule has 3 heterocycles. The van der Waals surface area contributed by atoms with Crippen LogP contribution in [0.5, 0.6) is 0 Å². The molecule has 1 aromatic heterocycles. The molecule has 22 heavy (non-hydrogen) atoms. The van der Waals surface area contributed by atoms with Gasteiger partial charge in [0.25, 0.3) is 0 Å². The number of anilines is 2. The van der Waals surface area contributed by atoms with Crippen molar-refractivity contribution in [2.24, 2.45) is 0 Å². The van der Waals surface area contributed by atoms with E-state index in [0.717, 1.165) is 64.5 Å². The molecular weight excluding hydrogens is 278 g/mol. The van der Waals surface area contributed by atoms with Gasteiger partial charge in [0.1, 0.15) is 17.6 Å². The van der Waals surface area contributed by atoms with Gasteiger partial charge in [0.15, 0.2) is 0 Å². The number of likely N-dealkylation sites (N-methyl/N-ethyl adjacent to an activating group) is 1. The van der Waals surface area contributed by atoms with Crippen LogP contribution in [0.4, 0.5) is 11.5 Å². The summed E-state index contributed by atoms with van der Waals surface area (Å²) in [5, 5.41) is 9.41. The van der Waals surface area contributed by atoms with Crippen molar-refractivity contribution in [1.29, 1.82) is 5.26 Å². The normalized spacial score (nSPS) is 22.9. The molecule has 2 N–H and O–H groups in total. The molecule has 0 unspecified atom stereocenters. The topological polar surface area (TPSA) is 70.5 Å². The Kier molecular flexibility index (Phi) is 4.55. The van der Waals surface area contributed by atoms with Crippen molar-refractivity contribution < 1.29 is 4.74 Å². The zero-order valence-electron chi connectivity index (χ0n) is 13.3. The zero-order valence-corrected chi connectivity index (χ0v) is 13.3. The second-order valence-corrected chi connectivity index (χ2v) is 6.09. The summed E-state index contributed by atoms with van der Waals surface area (Å²) >= 11 is 0. The standard InChI is InChI=1S/C16H25N5O/c1-2-19-5-7-20(8-6-19)16-15(18)10-13(11-17)21(16)12-14-4-3-9-22-14/h10,14H,2-9,12,18H2,1H3/t14-/m0/s1. The monoisotopic (exact) mass is 303 g/mol. The van der Waals surface area contributed by atoms with Crippen LogP contribution in [0.25, 0.3) is 0 Å². The highest BCUT2D eigenvalue weighted by Crippen LogP contribution is 2.30. The van der Waals surface area contributed by atoms with E-state index in [1.807, 2.05) is 0 Å². The largest absolute Gasteiger partial charge is 0.396 e. The van der Waals surface area contributed by atoms with Crippen LogP contribution in [0, 0.1) is 11.3 Å². The lowest BCUT2D eigenvalue weighted by Crippen LogP contribution is -2.47. The van der Waals surface area contributed by atoms with E-state index in [0.29, 0.717) is 11.4 Å². The van der Waals surface area contributed by atoms with E-state index < -0.39 is 0 Å². The van der Waals surface area contributed by atoms with Gasteiger partial charge in [-0.1, -0.05) is 6.92 Å². The third-order valence-electron chi connectivity index (χ3n) is 4.74. The van der Waals surface area contributed by atoms with E-state index in [2.05, 4.69) is 27.4 Å². The average molecular weight is 303 g/mol. The predicted molar refractivity (Wildman–Crippen MR) is 86.9 cm³/mol. The van der Waals surface area contributed by atoms with Crippen molar-refractivity contribution in [1.82, 2.24) is 9.47 Å². The number of rotatable bonds is 4. The van der Waals surface area contributed by atoms with Gasteiger partial charge in [-0.2, -0.15) is 5.26 Å². The minimum absolute atomic E-state index is 0.203. The van der Waals surface area contributed by atoms with Crippen LogP contribution in [0.3, 0.4) is 0 Å². The number of hydrogen-bond donors (Lipinski definition) is 1. The van der Waals surface area contributed by atoms with Gasteiger partial charge >= 0.3 is 0 Å². The highest BCUT2D eigenvalue weighted by molar-refractivity contribution is 5.68. The Morgan fingerprint density at radius 3 is 2.73 bits per heavy atom. The molecule has 0 amide bonds. The number of nitrogens with two attached hydrogens (primary N) is 1. The maximum absolute atomic E-state index is 9.41. The summed E-state index contributed by atoms with van der Waals surface area (Å²) in [6.07, 6.45) is 2.37. The molecule has 0 radical (unpaired) electrons. The van der Waals surface area contributed by atoms with Gasteiger partial charge in [-0.05, 0) is 25.5 Å². The summed E-state index contributed by atoms with van der Waals surface area (Å²) in [7, 11) is 0. The van der Waals surface area contributed by atoms with Crippen LogP contribution in [0.1, 0.15) is 25.5 Å². The first-order chi connectivity index (χ1) is 10.7. The number of piperazine rings is 1. The summed E-state index contributed by atoms with van der Waals surface area (Å²) in [5.41, 5.74) is 7.57. The highest BCUT2D eigenvalue weighted by Gasteiger charge is 2.25. The molecule has 0 aliphatic carbocycles. The molecule has 0 spiro atoms. The lowest BCUT2D eigenvalue weighted by Gasteiger charge is -2.36. The number of ether oxygens (including phenoxy) is 1. The van der Waals surface area contributed by atoms with Crippen LogP contribution in [0.15, 0.2) is 6.07 Å². The number of nitrogens with zero attached hydrogens (tertiary/aromatic N) is 4. The van der Waals surface area contributed by atoms with Crippen LogP contribution in [-0.4, -0.2) is 54.9 Å². The highest BCUT2D eigenvalue weighted by atomic mass is 16.5. The molecule has 6 nitrogen and oxygen atoms in total. The average Bonchev–Trinajstić information content (AvgIpc) is 3.16. The molecule has 0 aromatic carbocycles. The lowest BCUT2D eigenvalue weighted by molar-refractivity contribution is 0.0970. The predicted octanol–water partition coefficient (Wildman–Crippen LogP) is 1.26. The molecule has 0 saturated carbocycles. The number of nitrogen functional groups attached to an aromatic ring is 1. The summed E-state index contributed by atoms with van der Waals surface area (Å²) in [6.45, 7) is 8.83. The van der Waals surface area contributed by atoms with Gasteiger partial charge in [-0.3, -0.25) is 0 Å². The van der Waals surface area contributed by atoms with Gasteiger partial charge < -0.3 is 24.8 Å². The summed E-state index contributed by atoms with van der Waals surface area (Å²) in [5.74, 6) is 1.00. The Bertz CT molecular complexity index is 548. The quantitative estimate of drug-likeness (QED) is 0.907. The van der Waals surface area contributed by atoms with Gasteiger partial charge in [-0.25, -0.2) is 0 Å². The van der Waals surface area contributed by atoms with Crippen molar-refractivity contribution in [3.05, 3.63) is 11.8 Å². The van der Waals surface area contributed by atoms with Crippen molar-refractivity contribution >= 4 is 11.5 Å². The van der Waals surface area contributed by atoms with E-state index >= 15 is 0 Å². The third-order valence-corrected chi connectivity index (χ3v) is 4.74. The first-order valence-corrected chi connectivity index (χ1v) is 8.21. The molecule has 120 valence electrons. The molecule has 0 bridgehead atoms. The number of nitriles is 1. The Labute approximate surface area is 132 Å². The van der Waals surface area contributed by atoms with Gasteiger partial charge in [0, 0.05) is 32.8 Å².